The molecule has 1 aliphatic rings. The predicted octanol–water partition coefficient (Wildman–Crippen LogP) is 3.96. The van der Waals surface area contributed by atoms with Crippen LogP contribution in [0.15, 0.2) is 49.1 Å². The van der Waals surface area contributed by atoms with Crippen LogP contribution in [-0.4, -0.2) is 31.4 Å². The summed E-state index contributed by atoms with van der Waals surface area (Å²) in [7, 11) is 1.81. The van der Waals surface area contributed by atoms with Crippen LogP contribution in [0, 0.1) is 11.8 Å². The number of aryl methyl sites for hydroxylation is 1. The zero-order valence-electron chi connectivity index (χ0n) is 15.5. The molecule has 1 aromatic carbocycles. The van der Waals surface area contributed by atoms with Crippen LogP contribution in [-0.2, 0) is 13.6 Å². The Labute approximate surface area is 161 Å². The van der Waals surface area contributed by atoms with E-state index in [1.54, 1.807) is 40.2 Å². The van der Waals surface area contributed by atoms with Gasteiger partial charge >= 0.3 is 0 Å². The molecule has 4 rings (SSSR count). The summed E-state index contributed by atoms with van der Waals surface area (Å²) >= 11 is 0. The van der Waals surface area contributed by atoms with Gasteiger partial charge in [0.25, 0.3) is 5.91 Å². The van der Waals surface area contributed by atoms with Gasteiger partial charge in [0.2, 0.25) is 5.95 Å². The van der Waals surface area contributed by atoms with Gasteiger partial charge in [-0.1, -0.05) is 6.07 Å². The molecule has 3 aromatic rings. The molecule has 0 unspecified atom stereocenters. The summed E-state index contributed by atoms with van der Waals surface area (Å²) in [6, 6.07) is 7.72. The molecule has 1 aliphatic carbocycles. The molecule has 1 amide bonds. The number of pyridine rings is 1. The second kappa shape index (κ2) is 7.50. The Hall–Kier alpha value is -3.09. The number of rotatable bonds is 5. The van der Waals surface area contributed by atoms with Crippen molar-refractivity contribution in [3.05, 3.63) is 72.1 Å². The van der Waals surface area contributed by atoms with E-state index >= 15 is 0 Å². The molecule has 2 aromatic heterocycles. The van der Waals surface area contributed by atoms with Gasteiger partial charge in [-0.05, 0) is 49.1 Å². The molecule has 0 bridgehead atoms. The fraction of sp³-hybridized carbons (Fsp3) is 0.286. The van der Waals surface area contributed by atoms with Gasteiger partial charge in [-0.2, -0.15) is 4.39 Å². The minimum absolute atomic E-state index is 0.105. The van der Waals surface area contributed by atoms with Crippen molar-refractivity contribution in [1.29, 1.82) is 0 Å². The number of carbonyl (C=O) groups is 1. The summed E-state index contributed by atoms with van der Waals surface area (Å²) in [6.45, 7) is 0.315. The van der Waals surface area contributed by atoms with Gasteiger partial charge in [0.1, 0.15) is 11.5 Å². The number of halogens is 2. The van der Waals surface area contributed by atoms with Gasteiger partial charge in [-0.3, -0.25) is 4.79 Å². The normalized spacial score (nSPS) is 14.0. The van der Waals surface area contributed by atoms with Crippen molar-refractivity contribution in [3.8, 4) is 11.1 Å². The van der Waals surface area contributed by atoms with Crippen LogP contribution in [0.5, 0.6) is 0 Å². The third-order valence-corrected chi connectivity index (χ3v) is 5.13. The maximum atomic E-state index is 14.3. The number of benzene rings is 1. The Morgan fingerprint density at radius 1 is 1.21 bits per heavy atom. The monoisotopic (exact) mass is 382 g/mol. The lowest BCUT2D eigenvalue weighted by Gasteiger charge is -2.37. The zero-order chi connectivity index (χ0) is 19.7. The molecule has 7 heteroatoms. The Morgan fingerprint density at radius 2 is 2.04 bits per heavy atom. The van der Waals surface area contributed by atoms with Crippen molar-refractivity contribution < 1.29 is 13.6 Å². The van der Waals surface area contributed by atoms with Gasteiger partial charge in [-0.15, -0.1) is 0 Å². The molecule has 0 N–H and O–H groups in total. The maximum absolute atomic E-state index is 14.3. The van der Waals surface area contributed by atoms with Crippen molar-refractivity contribution in [2.75, 3.05) is 0 Å². The molecule has 0 spiro atoms. The number of hydrogen-bond donors (Lipinski definition) is 0. The third kappa shape index (κ3) is 3.52. The highest BCUT2D eigenvalue weighted by atomic mass is 19.1. The van der Waals surface area contributed by atoms with Crippen LogP contribution in [0.4, 0.5) is 8.78 Å². The molecular formula is C21H20F2N4O. The van der Waals surface area contributed by atoms with Crippen molar-refractivity contribution in [2.24, 2.45) is 7.05 Å². The van der Waals surface area contributed by atoms with E-state index in [2.05, 4.69) is 9.97 Å². The predicted molar refractivity (Wildman–Crippen MR) is 100 cm³/mol. The average molecular weight is 382 g/mol. The van der Waals surface area contributed by atoms with Crippen molar-refractivity contribution in [3.63, 3.8) is 0 Å². The molecule has 28 heavy (non-hydrogen) atoms. The van der Waals surface area contributed by atoms with Crippen LogP contribution < -0.4 is 0 Å². The molecular weight excluding hydrogens is 362 g/mol. The Morgan fingerprint density at radius 3 is 2.68 bits per heavy atom. The summed E-state index contributed by atoms with van der Waals surface area (Å²) in [5.74, 6) is -1.40. The van der Waals surface area contributed by atoms with E-state index in [1.165, 1.54) is 18.3 Å². The quantitative estimate of drug-likeness (QED) is 0.628. The molecule has 144 valence electrons. The number of imidazole rings is 1. The minimum atomic E-state index is -0.723. The fourth-order valence-electron chi connectivity index (χ4n) is 3.40. The van der Waals surface area contributed by atoms with Crippen LogP contribution in [0.3, 0.4) is 0 Å². The van der Waals surface area contributed by atoms with Crippen LogP contribution in [0.25, 0.3) is 11.1 Å². The van der Waals surface area contributed by atoms with Crippen molar-refractivity contribution in [2.45, 2.75) is 31.8 Å². The third-order valence-electron chi connectivity index (χ3n) is 5.13. The van der Waals surface area contributed by atoms with Gasteiger partial charge in [0, 0.05) is 43.2 Å². The average Bonchev–Trinajstić information content (AvgIpc) is 3.07. The van der Waals surface area contributed by atoms with Gasteiger partial charge in [-0.25, -0.2) is 14.4 Å². The van der Waals surface area contributed by atoms with Crippen molar-refractivity contribution in [1.82, 2.24) is 19.4 Å². The Balaban J connectivity index is 1.65. The standard InChI is InChI=1S/C21H20F2N4O/c1-26-12-19(25-13-26)21(28)27(15-4-2-5-15)11-14-7-8-18(22)17(10-14)16-6-3-9-24-20(16)23/h3,6-10,12-13,15H,2,4-5,11H2,1H3. The minimum Gasteiger partial charge on any atom is -0.340 e. The van der Waals surface area contributed by atoms with Gasteiger partial charge < -0.3 is 9.47 Å². The first-order valence-electron chi connectivity index (χ1n) is 9.21. The zero-order valence-corrected chi connectivity index (χ0v) is 15.5. The smallest absolute Gasteiger partial charge is 0.274 e. The summed E-state index contributed by atoms with van der Waals surface area (Å²) in [5, 5.41) is 0. The SMILES string of the molecule is Cn1cnc(C(=O)N(Cc2ccc(F)c(-c3cccnc3F)c2)C2CCC2)c1. The number of nitrogens with zero attached hydrogens (tertiary/aromatic N) is 4. The van der Waals surface area contributed by atoms with Crippen LogP contribution in [0.2, 0.25) is 0 Å². The topological polar surface area (TPSA) is 51.0 Å². The summed E-state index contributed by atoms with van der Waals surface area (Å²) in [6.07, 6.45) is 7.55. The maximum Gasteiger partial charge on any atom is 0.274 e. The van der Waals surface area contributed by atoms with E-state index in [4.69, 9.17) is 0 Å². The van der Waals surface area contributed by atoms with Crippen LogP contribution in [0.1, 0.15) is 35.3 Å². The molecule has 0 radical (unpaired) electrons. The Bertz CT molecular complexity index is 1010. The molecule has 0 aliphatic heterocycles. The van der Waals surface area contributed by atoms with Gasteiger partial charge in [0.05, 0.1) is 6.33 Å². The van der Waals surface area contributed by atoms with E-state index in [0.29, 0.717) is 12.2 Å². The van der Waals surface area contributed by atoms with E-state index in [1.807, 2.05) is 7.05 Å². The number of hydrogen-bond acceptors (Lipinski definition) is 3. The summed E-state index contributed by atoms with van der Waals surface area (Å²) < 4.78 is 30.1. The van der Waals surface area contributed by atoms with E-state index in [-0.39, 0.29) is 23.1 Å². The second-order valence-corrected chi connectivity index (χ2v) is 7.10. The van der Waals surface area contributed by atoms with Crippen molar-refractivity contribution >= 4 is 5.91 Å². The van der Waals surface area contributed by atoms with Crippen LogP contribution >= 0.6 is 0 Å². The molecule has 2 heterocycles. The molecule has 1 saturated carbocycles. The van der Waals surface area contributed by atoms with E-state index in [9.17, 15) is 13.6 Å². The lowest BCUT2D eigenvalue weighted by atomic mass is 9.90. The highest BCUT2D eigenvalue weighted by molar-refractivity contribution is 5.92. The molecule has 5 nitrogen and oxygen atoms in total. The molecule has 0 saturated heterocycles. The molecule has 1 fully saturated rings. The van der Waals surface area contributed by atoms with E-state index < -0.39 is 11.8 Å². The first kappa shape index (κ1) is 18.3. The summed E-state index contributed by atoms with van der Waals surface area (Å²) in [5.41, 5.74) is 1.36. The van der Waals surface area contributed by atoms with Gasteiger partial charge in [0.15, 0.2) is 0 Å². The lowest BCUT2D eigenvalue weighted by Crippen LogP contribution is -2.43. The number of carbonyl (C=O) groups excluding carboxylic acids is 1. The lowest BCUT2D eigenvalue weighted by molar-refractivity contribution is 0.0551. The van der Waals surface area contributed by atoms with E-state index in [0.717, 1.165) is 24.8 Å². The highest BCUT2D eigenvalue weighted by Crippen LogP contribution is 2.30. The number of aromatic nitrogens is 3. The highest BCUT2D eigenvalue weighted by Gasteiger charge is 2.30. The molecule has 0 atom stereocenters. The number of amides is 1. The first-order valence-corrected chi connectivity index (χ1v) is 9.21. The largest absolute Gasteiger partial charge is 0.340 e. The fourth-order valence-corrected chi connectivity index (χ4v) is 3.40. The first-order chi connectivity index (χ1) is 13.5. The summed E-state index contributed by atoms with van der Waals surface area (Å²) in [4.78, 5) is 22.5. The second-order valence-electron chi connectivity index (χ2n) is 7.10. The Kier molecular flexibility index (Phi) is 4.90.